The molecule has 0 unspecified atom stereocenters. The van der Waals surface area contributed by atoms with Crippen LogP contribution in [0.4, 0.5) is 5.69 Å². The van der Waals surface area contributed by atoms with Crippen molar-refractivity contribution in [1.29, 1.82) is 0 Å². The molecule has 1 aromatic heterocycles. The summed E-state index contributed by atoms with van der Waals surface area (Å²) in [6, 6.07) is 16.7. The Balaban J connectivity index is 1.47. The van der Waals surface area contributed by atoms with Crippen molar-refractivity contribution in [2.24, 2.45) is 0 Å². The number of aliphatic carboxylic acids is 1. The van der Waals surface area contributed by atoms with Gasteiger partial charge in [0.05, 0.1) is 12.2 Å². The SMILES string of the molecule is O=C(O)Cc1ccc(NC(=O)CSc2n[nH]c(Cc3ccccc3)n2)cc1. The van der Waals surface area contributed by atoms with Gasteiger partial charge in [-0.25, -0.2) is 4.98 Å². The number of carbonyl (C=O) groups excluding carboxylic acids is 1. The van der Waals surface area contributed by atoms with Crippen molar-refractivity contribution in [1.82, 2.24) is 15.2 Å². The highest BCUT2D eigenvalue weighted by Gasteiger charge is 2.09. The van der Waals surface area contributed by atoms with Crippen molar-refractivity contribution in [3.63, 3.8) is 0 Å². The first kappa shape index (κ1) is 18.7. The molecule has 0 spiro atoms. The van der Waals surface area contributed by atoms with Crippen molar-refractivity contribution in [3.8, 4) is 0 Å². The average molecular weight is 382 g/mol. The van der Waals surface area contributed by atoms with Crippen LogP contribution in [0.5, 0.6) is 0 Å². The molecule has 1 amide bonds. The van der Waals surface area contributed by atoms with E-state index in [2.05, 4.69) is 20.5 Å². The van der Waals surface area contributed by atoms with Crippen LogP contribution in [0.1, 0.15) is 17.0 Å². The second-order valence-corrected chi connectivity index (χ2v) is 6.77. The zero-order chi connectivity index (χ0) is 19.1. The average Bonchev–Trinajstić information content (AvgIpc) is 3.09. The number of amides is 1. The summed E-state index contributed by atoms with van der Waals surface area (Å²) in [7, 11) is 0. The standard InChI is InChI=1S/C19H18N4O3S/c24-17(20-15-8-6-14(7-9-15)11-18(25)26)12-27-19-21-16(22-23-19)10-13-4-2-1-3-5-13/h1-9H,10-12H2,(H,20,24)(H,25,26)(H,21,22,23). The van der Waals surface area contributed by atoms with Crippen molar-refractivity contribution < 1.29 is 14.7 Å². The van der Waals surface area contributed by atoms with Crippen LogP contribution in [0.2, 0.25) is 0 Å². The van der Waals surface area contributed by atoms with Crippen LogP contribution in [0.25, 0.3) is 0 Å². The third-order valence-electron chi connectivity index (χ3n) is 3.65. The van der Waals surface area contributed by atoms with Crippen molar-refractivity contribution >= 4 is 29.3 Å². The molecule has 1 heterocycles. The van der Waals surface area contributed by atoms with Crippen LogP contribution in [0.15, 0.2) is 59.8 Å². The van der Waals surface area contributed by atoms with E-state index in [9.17, 15) is 9.59 Å². The molecule has 0 aliphatic heterocycles. The summed E-state index contributed by atoms with van der Waals surface area (Å²) in [5.41, 5.74) is 2.44. The van der Waals surface area contributed by atoms with Gasteiger partial charge in [-0.2, -0.15) is 0 Å². The Morgan fingerprint density at radius 2 is 1.78 bits per heavy atom. The van der Waals surface area contributed by atoms with E-state index in [1.165, 1.54) is 11.8 Å². The number of benzene rings is 2. The molecule has 0 atom stereocenters. The van der Waals surface area contributed by atoms with E-state index in [1.54, 1.807) is 24.3 Å². The van der Waals surface area contributed by atoms with Crippen LogP contribution < -0.4 is 5.32 Å². The van der Waals surface area contributed by atoms with Gasteiger partial charge < -0.3 is 10.4 Å². The maximum Gasteiger partial charge on any atom is 0.307 e. The van der Waals surface area contributed by atoms with Crippen LogP contribution in [0.3, 0.4) is 0 Å². The number of aromatic nitrogens is 3. The quantitative estimate of drug-likeness (QED) is 0.517. The van der Waals surface area contributed by atoms with Gasteiger partial charge in [0.15, 0.2) is 0 Å². The van der Waals surface area contributed by atoms with Crippen molar-refractivity contribution in [2.75, 3.05) is 11.1 Å². The summed E-state index contributed by atoms with van der Waals surface area (Å²) < 4.78 is 0. The maximum atomic E-state index is 12.1. The van der Waals surface area contributed by atoms with Gasteiger partial charge in [0.25, 0.3) is 0 Å². The van der Waals surface area contributed by atoms with Crippen LogP contribution in [-0.4, -0.2) is 37.9 Å². The van der Waals surface area contributed by atoms with Crippen LogP contribution in [-0.2, 0) is 22.4 Å². The lowest BCUT2D eigenvalue weighted by molar-refractivity contribution is -0.136. The largest absolute Gasteiger partial charge is 0.481 e. The normalized spacial score (nSPS) is 10.5. The number of rotatable bonds is 8. The summed E-state index contributed by atoms with van der Waals surface area (Å²) >= 11 is 1.25. The van der Waals surface area contributed by atoms with Crippen LogP contribution in [0, 0.1) is 0 Å². The van der Waals surface area contributed by atoms with E-state index >= 15 is 0 Å². The minimum Gasteiger partial charge on any atom is -0.481 e. The topological polar surface area (TPSA) is 108 Å². The number of carbonyl (C=O) groups is 2. The summed E-state index contributed by atoms with van der Waals surface area (Å²) in [6.07, 6.45) is 0.615. The molecule has 0 bridgehead atoms. The molecule has 0 saturated carbocycles. The zero-order valence-electron chi connectivity index (χ0n) is 14.4. The Morgan fingerprint density at radius 1 is 1.04 bits per heavy atom. The first-order chi connectivity index (χ1) is 13.1. The molecule has 27 heavy (non-hydrogen) atoms. The zero-order valence-corrected chi connectivity index (χ0v) is 15.2. The Labute approximate surface area is 160 Å². The number of nitrogens with one attached hydrogen (secondary N) is 2. The summed E-state index contributed by atoms with van der Waals surface area (Å²) in [5, 5.41) is 19.1. The first-order valence-electron chi connectivity index (χ1n) is 8.27. The molecule has 2 aromatic carbocycles. The molecular formula is C19H18N4O3S. The molecule has 0 fully saturated rings. The number of thioether (sulfide) groups is 1. The molecule has 0 aliphatic carbocycles. The second-order valence-electron chi connectivity index (χ2n) is 5.83. The van der Waals surface area contributed by atoms with Crippen molar-refractivity contribution in [3.05, 3.63) is 71.5 Å². The van der Waals surface area contributed by atoms with E-state index in [0.717, 1.165) is 11.4 Å². The summed E-state index contributed by atoms with van der Waals surface area (Å²) in [6.45, 7) is 0. The van der Waals surface area contributed by atoms with Gasteiger partial charge in [-0.3, -0.25) is 14.7 Å². The van der Waals surface area contributed by atoms with Gasteiger partial charge in [-0.05, 0) is 23.3 Å². The highest BCUT2D eigenvalue weighted by atomic mass is 32.2. The molecule has 0 saturated heterocycles. The highest BCUT2D eigenvalue weighted by Crippen LogP contribution is 2.15. The number of carboxylic acids is 1. The Kier molecular flexibility index (Phi) is 6.22. The molecule has 0 aliphatic rings. The van der Waals surface area contributed by atoms with E-state index in [-0.39, 0.29) is 18.1 Å². The Bertz CT molecular complexity index is 910. The molecular weight excluding hydrogens is 364 g/mol. The molecule has 3 rings (SSSR count). The van der Waals surface area contributed by atoms with Crippen molar-refractivity contribution in [2.45, 2.75) is 18.0 Å². The summed E-state index contributed by atoms with van der Waals surface area (Å²) in [4.78, 5) is 27.1. The van der Waals surface area contributed by atoms with Crippen LogP contribution >= 0.6 is 11.8 Å². The molecule has 0 radical (unpaired) electrons. The number of aromatic amines is 1. The predicted octanol–water partition coefficient (Wildman–Crippen LogP) is 2.75. The molecule has 3 N–H and O–H groups in total. The number of hydrogen-bond donors (Lipinski definition) is 3. The summed E-state index contributed by atoms with van der Waals surface area (Å²) in [5.74, 6) is -0.140. The number of hydrogen-bond acceptors (Lipinski definition) is 5. The highest BCUT2D eigenvalue weighted by molar-refractivity contribution is 7.99. The number of H-pyrrole nitrogens is 1. The van der Waals surface area contributed by atoms with E-state index in [0.29, 0.717) is 22.8 Å². The Hall–Kier alpha value is -3.13. The fourth-order valence-electron chi connectivity index (χ4n) is 2.42. The number of nitrogens with zero attached hydrogens (tertiary/aromatic N) is 2. The first-order valence-corrected chi connectivity index (χ1v) is 9.25. The fourth-order valence-corrected chi connectivity index (χ4v) is 3.04. The number of anilines is 1. The lowest BCUT2D eigenvalue weighted by Crippen LogP contribution is -2.14. The third kappa shape index (κ3) is 5.96. The predicted molar refractivity (Wildman–Crippen MR) is 103 cm³/mol. The fraction of sp³-hybridized carbons (Fsp3) is 0.158. The lowest BCUT2D eigenvalue weighted by Gasteiger charge is -2.05. The third-order valence-corrected chi connectivity index (χ3v) is 4.50. The lowest BCUT2D eigenvalue weighted by atomic mass is 10.1. The minimum absolute atomic E-state index is 0.0414. The smallest absolute Gasteiger partial charge is 0.307 e. The number of carboxylic acid groups (broad SMARTS) is 1. The van der Waals surface area contributed by atoms with E-state index < -0.39 is 5.97 Å². The molecule has 3 aromatic rings. The van der Waals surface area contributed by atoms with Gasteiger partial charge in [0.2, 0.25) is 11.1 Å². The Morgan fingerprint density at radius 3 is 2.48 bits per heavy atom. The monoisotopic (exact) mass is 382 g/mol. The van der Waals surface area contributed by atoms with E-state index in [1.807, 2.05) is 30.3 Å². The van der Waals surface area contributed by atoms with E-state index in [4.69, 9.17) is 5.11 Å². The molecule has 138 valence electrons. The van der Waals surface area contributed by atoms with Gasteiger partial charge in [0.1, 0.15) is 5.82 Å². The maximum absolute atomic E-state index is 12.1. The van der Waals surface area contributed by atoms with Gasteiger partial charge in [0, 0.05) is 12.1 Å². The second kappa shape index (κ2) is 9.00. The molecule has 8 heteroatoms. The minimum atomic E-state index is -0.888. The molecule has 7 nitrogen and oxygen atoms in total. The van der Waals surface area contributed by atoms with Gasteiger partial charge in [-0.1, -0.05) is 54.2 Å². The van der Waals surface area contributed by atoms with Gasteiger partial charge in [-0.15, -0.1) is 5.10 Å². The van der Waals surface area contributed by atoms with Gasteiger partial charge >= 0.3 is 5.97 Å².